The Kier molecular flexibility index (Phi) is 5.68. The molecule has 0 spiro atoms. The standard InChI is InChI=1S/C21H28F3N5/c1-14-17(10-26-28(14)2)13-29-8-4-6-16(12-29)20-19(11-25-27-20)15-5-3-7-18(9-15)21(22,23)24/h3,5,7,9-10,16,19-20,25,27H,4,6,8,11-13H2,1-2H3. The monoisotopic (exact) mass is 407 g/mol. The first-order valence-corrected chi connectivity index (χ1v) is 10.2. The Morgan fingerprint density at radius 2 is 2.10 bits per heavy atom. The van der Waals surface area contributed by atoms with Gasteiger partial charge < -0.3 is 0 Å². The third kappa shape index (κ3) is 4.34. The van der Waals surface area contributed by atoms with Crippen molar-refractivity contribution in [3.8, 4) is 0 Å². The number of rotatable bonds is 4. The van der Waals surface area contributed by atoms with E-state index in [2.05, 4.69) is 27.8 Å². The highest BCUT2D eigenvalue weighted by Gasteiger charge is 2.38. The smallest absolute Gasteiger partial charge is 0.299 e. The minimum absolute atomic E-state index is 0.0300. The SMILES string of the molecule is Cc1c(CN2CCCC(C3NNCC3c3cccc(C(F)(F)F)c3)C2)cnn1C. The van der Waals surface area contributed by atoms with Crippen molar-refractivity contribution in [1.29, 1.82) is 0 Å². The molecule has 2 saturated heterocycles. The number of hydrogen-bond donors (Lipinski definition) is 2. The molecular formula is C21H28F3N5. The third-order valence-corrected chi connectivity index (χ3v) is 6.45. The van der Waals surface area contributed by atoms with E-state index in [0.29, 0.717) is 12.5 Å². The molecule has 8 heteroatoms. The zero-order chi connectivity index (χ0) is 20.6. The van der Waals surface area contributed by atoms with Gasteiger partial charge in [0.15, 0.2) is 0 Å². The van der Waals surface area contributed by atoms with Gasteiger partial charge >= 0.3 is 6.18 Å². The molecule has 5 nitrogen and oxygen atoms in total. The van der Waals surface area contributed by atoms with E-state index >= 15 is 0 Å². The molecule has 1 aromatic heterocycles. The van der Waals surface area contributed by atoms with Crippen LogP contribution in [-0.4, -0.2) is 40.4 Å². The van der Waals surface area contributed by atoms with E-state index in [1.807, 2.05) is 24.0 Å². The highest BCUT2D eigenvalue weighted by Crippen LogP contribution is 2.35. The summed E-state index contributed by atoms with van der Waals surface area (Å²) in [6.45, 7) is 5.56. The maximum atomic E-state index is 13.2. The molecule has 2 fully saturated rings. The zero-order valence-corrected chi connectivity index (χ0v) is 16.8. The summed E-state index contributed by atoms with van der Waals surface area (Å²) in [6.07, 6.45) is -0.206. The van der Waals surface area contributed by atoms with E-state index in [1.54, 1.807) is 0 Å². The topological polar surface area (TPSA) is 45.1 Å². The van der Waals surface area contributed by atoms with E-state index in [4.69, 9.17) is 0 Å². The minimum atomic E-state index is -4.31. The summed E-state index contributed by atoms with van der Waals surface area (Å²) in [4.78, 5) is 2.45. The second kappa shape index (κ2) is 8.08. The highest BCUT2D eigenvalue weighted by molar-refractivity contribution is 5.30. The summed E-state index contributed by atoms with van der Waals surface area (Å²) in [5.41, 5.74) is 9.14. The van der Waals surface area contributed by atoms with Crippen LogP contribution in [0, 0.1) is 12.8 Å². The molecule has 0 amide bonds. The van der Waals surface area contributed by atoms with Crippen molar-refractivity contribution in [2.45, 2.75) is 44.4 Å². The van der Waals surface area contributed by atoms with Crippen molar-refractivity contribution >= 4 is 0 Å². The molecule has 2 aliphatic heterocycles. The Labute approximate surface area is 169 Å². The van der Waals surface area contributed by atoms with Crippen LogP contribution in [0.25, 0.3) is 0 Å². The van der Waals surface area contributed by atoms with Crippen LogP contribution in [0.1, 0.15) is 41.1 Å². The molecular weight excluding hydrogens is 379 g/mol. The number of aryl methyl sites for hydroxylation is 1. The summed E-state index contributed by atoms with van der Waals surface area (Å²) in [6, 6.07) is 5.92. The van der Waals surface area contributed by atoms with E-state index in [-0.39, 0.29) is 12.0 Å². The van der Waals surface area contributed by atoms with Crippen LogP contribution in [0.4, 0.5) is 13.2 Å². The molecule has 0 saturated carbocycles. The fourth-order valence-corrected chi connectivity index (χ4v) is 4.70. The van der Waals surface area contributed by atoms with Gasteiger partial charge in [0.1, 0.15) is 0 Å². The molecule has 2 aromatic rings. The predicted octanol–water partition coefficient (Wildman–Crippen LogP) is 3.22. The second-order valence-electron chi connectivity index (χ2n) is 8.30. The molecule has 2 N–H and O–H groups in total. The van der Waals surface area contributed by atoms with Gasteiger partial charge in [-0.3, -0.25) is 20.4 Å². The summed E-state index contributed by atoms with van der Waals surface area (Å²) in [5.74, 6) is 0.414. The quantitative estimate of drug-likeness (QED) is 0.817. The van der Waals surface area contributed by atoms with Gasteiger partial charge in [-0.2, -0.15) is 18.3 Å². The fourth-order valence-electron chi connectivity index (χ4n) is 4.70. The molecule has 3 atom stereocenters. The molecule has 2 aliphatic rings. The van der Waals surface area contributed by atoms with Gasteiger partial charge in [0.2, 0.25) is 0 Å². The number of alkyl halides is 3. The van der Waals surface area contributed by atoms with Gasteiger partial charge in [-0.05, 0) is 43.9 Å². The highest BCUT2D eigenvalue weighted by atomic mass is 19.4. The maximum absolute atomic E-state index is 13.2. The lowest BCUT2D eigenvalue weighted by atomic mass is 9.80. The van der Waals surface area contributed by atoms with E-state index in [9.17, 15) is 13.2 Å². The molecule has 3 heterocycles. The van der Waals surface area contributed by atoms with Crippen molar-refractivity contribution in [3.05, 3.63) is 52.8 Å². The summed E-state index contributed by atoms with van der Waals surface area (Å²) in [7, 11) is 1.95. The Balaban J connectivity index is 1.48. The third-order valence-electron chi connectivity index (χ3n) is 6.45. The van der Waals surface area contributed by atoms with Crippen LogP contribution in [0.2, 0.25) is 0 Å². The van der Waals surface area contributed by atoms with Crippen molar-refractivity contribution < 1.29 is 13.2 Å². The lowest BCUT2D eigenvalue weighted by Crippen LogP contribution is -2.46. The number of nitrogens with one attached hydrogen (secondary N) is 2. The minimum Gasteiger partial charge on any atom is -0.299 e. The number of halogens is 3. The van der Waals surface area contributed by atoms with Crippen molar-refractivity contribution in [2.24, 2.45) is 13.0 Å². The average molecular weight is 407 g/mol. The van der Waals surface area contributed by atoms with Gasteiger partial charge in [-0.25, -0.2) is 0 Å². The Morgan fingerprint density at radius 1 is 1.28 bits per heavy atom. The predicted molar refractivity (Wildman–Crippen MR) is 105 cm³/mol. The summed E-state index contributed by atoms with van der Waals surface area (Å²) >= 11 is 0. The lowest BCUT2D eigenvalue weighted by Gasteiger charge is -2.37. The Bertz CT molecular complexity index is 847. The molecule has 158 valence electrons. The molecule has 0 radical (unpaired) electrons. The summed E-state index contributed by atoms with van der Waals surface area (Å²) < 4.78 is 41.4. The van der Waals surface area contributed by atoms with Crippen LogP contribution in [-0.2, 0) is 19.8 Å². The number of nitrogens with zero attached hydrogens (tertiary/aromatic N) is 3. The van der Waals surface area contributed by atoms with E-state index in [0.717, 1.165) is 44.1 Å². The largest absolute Gasteiger partial charge is 0.416 e. The van der Waals surface area contributed by atoms with Crippen LogP contribution >= 0.6 is 0 Å². The number of hydrogen-bond acceptors (Lipinski definition) is 4. The summed E-state index contributed by atoms with van der Waals surface area (Å²) in [5, 5.41) is 4.33. The first kappa shape index (κ1) is 20.4. The lowest BCUT2D eigenvalue weighted by molar-refractivity contribution is -0.137. The zero-order valence-electron chi connectivity index (χ0n) is 16.8. The van der Waals surface area contributed by atoms with E-state index < -0.39 is 11.7 Å². The molecule has 0 aliphatic carbocycles. The number of likely N-dealkylation sites (tertiary alicyclic amines) is 1. The Morgan fingerprint density at radius 3 is 2.83 bits per heavy atom. The first-order valence-electron chi connectivity index (χ1n) is 10.2. The van der Waals surface area contributed by atoms with Crippen LogP contribution in [0.5, 0.6) is 0 Å². The molecule has 0 bridgehead atoms. The fraction of sp³-hybridized carbons (Fsp3) is 0.571. The van der Waals surface area contributed by atoms with Crippen LogP contribution < -0.4 is 10.9 Å². The number of aromatic nitrogens is 2. The van der Waals surface area contributed by atoms with Crippen molar-refractivity contribution in [2.75, 3.05) is 19.6 Å². The van der Waals surface area contributed by atoms with Gasteiger partial charge in [-0.15, -0.1) is 0 Å². The van der Waals surface area contributed by atoms with Crippen molar-refractivity contribution in [1.82, 2.24) is 25.5 Å². The molecule has 29 heavy (non-hydrogen) atoms. The normalized spacial score (nSPS) is 26.2. The van der Waals surface area contributed by atoms with Gasteiger partial charge in [0, 0.05) is 49.9 Å². The second-order valence-corrected chi connectivity index (χ2v) is 8.30. The molecule has 4 rings (SSSR count). The van der Waals surface area contributed by atoms with Gasteiger partial charge in [0.25, 0.3) is 0 Å². The first-order chi connectivity index (χ1) is 13.8. The van der Waals surface area contributed by atoms with Crippen molar-refractivity contribution in [3.63, 3.8) is 0 Å². The number of hydrazine groups is 1. The average Bonchev–Trinajstić information content (AvgIpc) is 3.30. The van der Waals surface area contributed by atoms with Gasteiger partial charge in [-0.1, -0.05) is 18.2 Å². The number of benzene rings is 1. The van der Waals surface area contributed by atoms with Crippen LogP contribution in [0.15, 0.2) is 30.5 Å². The molecule has 3 unspecified atom stereocenters. The van der Waals surface area contributed by atoms with E-state index in [1.165, 1.54) is 23.4 Å². The molecule has 1 aromatic carbocycles. The van der Waals surface area contributed by atoms with Gasteiger partial charge in [0.05, 0.1) is 11.8 Å². The maximum Gasteiger partial charge on any atom is 0.416 e. The van der Waals surface area contributed by atoms with Crippen LogP contribution in [0.3, 0.4) is 0 Å². The Hall–Kier alpha value is -1.90. The number of piperidine rings is 1.